The Labute approximate surface area is 242 Å². The summed E-state index contributed by atoms with van der Waals surface area (Å²) in [5.74, 6) is -0.775. The van der Waals surface area contributed by atoms with E-state index >= 15 is 0 Å². The molecule has 0 aromatic heterocycles. The van der Waals surface area contributed by atoms with Gasteiger partial charge in [0.2, 0.25) is 5.91 Å². The Hall–Kier alpha value is -4.87. The first-order chi connectivity index (χ1) is 19.9. The van der Waals surface area contributed by atoms with E-state index in [1.54, 1.807) is 0 Å². The fourth-order valence-electron chi connectivity index (χ4n) is 5.62. The molecule has 0 spiro atoms. The van der Waals surface area contributed by atoms with Crippen molar-refractivity contribution in [3.63, 3.8) is 0 Å². The lowest BCUT2D eigenvalue weighted by Crippen LogP contribution is -2.43. The predicted octanol–water partition coefficient (Wildman–Crippen LogP) is 8.58. The second-order valence-electron chi connectivity index (χ2n) is 10.0. The number of para-hydroxylation sites is 1. The van der Waals surface area contributed by atoms with Crippen LogP contribution in [0.5, 0.6) is 0 Å². The summed E-state index contributed by atoms with van der Waals surface area (Å²) in [6.45, 7) is 1.84. The van der Waals surface area contributed by atoms with Crippen LogP contribution < -0.4 is 9.80 Å². The van der Waals surface area contributed by atoms with Crippen LogP contribution in [0.25, 0.3) is 32.3 Å². The van der Waals surface area contributed by atoms with Crippen LogP contribution >= 0.6 is 11.6 Å². The number of halogens is 1. The van der Waals surface area contributed by atoms with Crippen molar-refractivity contribution >= 4 is 72.9 Å². The second kappa shape index (κ2) is 11.0. The number of hydrogen-bond acceptors (Lipinski definition) is 3. The van der Waals surface area contributed by atoms with E-state index in [1.807, 2.05) is 58.3 Å². The molecular weight excluding hydrogens is 532 g/mol. The molecule has 202 valence electrons. The highest BCUT2D eigenvalue weighted by Crippen LogP contribution is 2.41. The first-order valence-electron chi connectivity index (χ1n) is 13.3. The van der Waals surface area contributed by atoms with Crippen LogP contribution in [0.3, 0.4) is 0 Å². The first kappa shape index (κ1) is 26.4. The van der Waals surface area contributed by atoms with E-state index in [2.05, 4.69) is 66.7 Å². The third-order valence-electron chi connectivity index (χ3n) is 7.38. The predicted molar refractivity (Wildman–Crippen MR) is 168 cm³/mol. The maximum absolute atomic E-state index is 13.6. The summed E-state index contributed by atoms with van der Waals surface area (Å²) in [5.41, 5.74) is 3.90. The van der Waals surface area contributed by atoms with Gasteiger partial charge in [-0.2, -0.15) is 0 Å². The number of fused-ring (bicyclic) bond motifs is 6. The Balaban J connectivity index is 0.000000712. The van der Waals surface area contributed by atoms with Crippen LogP contribution in [0.4, 0.5) is 17.1 Å². The van der Waals surface area contributed by atoms with Gasteiger partial charge in [-0.1, -0.05) is 96.5 Å². The van der Waals surface area contributed by atoms with E-state index in [-0.39, 0.29) is 12.5 Å². The normalized spacial score (nSPS) is 12.8. The van der Waals surface area contributed by atoms with Gasteiger partial charge in [-0.25, -0.2) is 0 Å². The van der Waals surface area contributed by atoms with Gasteiger partial charge in [-0.3, -0.25) is 9.59 Å². The van der Waals surface area contributed by atoms with Crippen molar-refractivity contribution in [3.8, 4) is 0 Å². The fraction of sp³-hybridized carbons (Fsp3) is 0.0857. The minimum Gasteiger partial charge on any atom is -0.481 e. The molecule has 1 heterocycles. The summed E-state index contributed by atoms with van der Waals surface area (Å²) >= 11 is 6.42. The number of rotatable bonds is 3. The van der Waals surface area contributed by atoms with Crippen LogP contribution in [0.15, 0.2) is 115 Å². The van der Waals surface area contributed by atoms with Crippen molar-refractivity contribution in [2.45, 2.75) is 13.5 Å². The highest BCUT2D eigenvalue weighted by atomic mass is 35.5. The molecular formula is C35H27ClN2O3. The van der Waals surface area contributed by atoms with Crippen LogP contribution in [0.1, 0.15) is 12.5 Å². The molecule has 0 saturated carbocycles. The molecule has 0 fully saturated rings. The SMILES string of the molecule is CC(=O)O.O=C1CN(c2ccccc2)c2cc(Cl)ccc2N1Cc1cccc2c1ccc1c3ccccc3ccc21. The van der Waals surface area contributed by atoms with Crippen LogP contribution in [-0.2, 0) is 16.1 Å². The molecule has 0 saturated heterocycles. The zero-order chi connectivity index (χ0) is 28.5. The van der Waals surface area contributed by atoms with Crippen molar-refractivity contribution in [2.24, 2.45) is 0 Å². The van der Waals surface area contributed by atoms with Gasteiger partial charge in [-0.05, 0) is 68.2 Å². The number of aliphatic carboxylic acids is 1. The molecule has 1 N–H and O–H groups in total. The fourth-order valence-corrected chi connectivity index (χ4v) is 5.79. The molecule has 0 aliphatic carbocycles. The number of hydrogen-bond donors (Lipinski definition) is 1. The lowest BCUT2D eigenvalue weighted by Gasteiger charge is -2.37. The molecule has 7 rings (SSSR count). The van der Waals surface area contributed by atoms with Crippen LogP contribution in [0.2, 0.25) is 5.02 Å². The first-order valence-corrected chi connectivity index (χ1v) is 13.7. The third kappa shape index (κ3) is 5.08. The number of nitrogens with zero attached hydrogens (tertiary/aromatic N) is 2. The lowest BCUT2D eigenvalue weighted by atomic mass is 9.94. The quantitative estimate of drug-likeness (QED) is 0.221. The van der Waals surface area contributed by atoms with Crippen LogP contribution in [-0.4, -0.2) is 23.5 Å². The highest BCUT2D eigenvalue weighted by Gasteiger charge is 2.30. The van der Waals surface area contributed by atoms with E-state index in [4.69, 9.17) is 21.5 Å². The van der Waals surface area contributed by atoms with Gasteiger partial charge in [0.05, 0.1) is 17.9 Å². The van der Waals surface area contributed by atoms with Crippen molar-refractivity contribution in [3.05, 3.63) is 126 Å². The molecule has 0 atom stereocenters. The molecule has 6 aromatic carbocycles. The van der Waals surface area contributed by atoms with Crippen molar-refractivity contribution < 1.29 is 14.7 Å². The summed E-state index contributed by atoms with van der Waals surface area (Å²) in [4.78, 5) is 26.5. The molecule has 0 radical (unpaired) electrons. The van der Waals surface area contributed by atoms with Crippen molar-refractivity contribution in [1.82, 2.24) is 0 Å². The number of carbonyl (C=O) groups is 2. The standard InChI is InChI=1S/C33H23ClN2O.C2H4O2/c34-24-14-18-31-32(19-24)35(25-9-2-1-3-10-25)21-33(37)36(31)20-23-8-6-12-28-27(23)16-17-29-26-11-5-4-7-22(26)13-15-30(28)29;1-2(3)4/h1-19H,20-21H2;1H3,(H,3,4). The summed E-state index contributed by atoms with van der Waals surface area (Å²) in [6, 6.07) is 39.5. The smallest absolute Gasteiger partial charge is 0.300 e. The maximum Gasteiger partial charge on any atom is 0.300 e. The lowest BCUT2D eigenvalue weighted by molar-refractivity contribution is -0.134. The largest absolute Gasteiger partial charge is 0.481 e. The van der Waals surface area contributed by atoms with Crippen molar-refractivity contribution in [1.29, 1.82) is 0 Å². The molecule has 1 amide bonds. The second-order valence-corrected chi connectivity index (χ2v) is 10.4. The Bertz CT molecular complexity index is 1930. The molecule has 1 aliphatic heterocycles. The number of carboxylic acids is 1. The van der Waals surface area contributed by atoms with Gasteiger partial charge in [0, 0.05) is 17.6 Å². The third-order valence-corrected chi connectivity index (χ3v) is 7.62. The van der Waals surface area contributed by atoms with E-state index in [1.165, 1.54) is 32.3 Å². The minimum atomic E-state index is -0.833. The summed E-state index contributed by atoms with van der Waals surface area (Å²) in [7, 11) is 0. The zero-order valence-electron chi connectivity index (χ0n) is 22.4. The minimum absolute atomic E-state index is 0.0578. The summed E-state index contributed by atoms with van der Waals surface area (Å²) in [5, 5.41) is 15.4. The Morgan fingerprint density at radius 3 is 2.17 bits per heavy atom. The molecule has 6 heteroatoms. The average molecular weight is 559 g/mol. The number of amides is 1. The monoisotopic (exact) mass is 558 g/mol. The molecule has 0 bridgehead atoms. The van der Waals surface area contributed by atoms with Crippen LogP contribution in [0, 0.1) is 0 Å². The van der Waals surface area contributed by atoms with Gasteiger partial charge in [0.1, 0.15) is 6.54 Å². The Morgan fingerprint density at radius 2 is 1.37 bits per heavy atom. The zero-order valence-corrected chi connectivity index (χ0v) is 23.2. The molecule has 1 aliphatic rings. The van der Waals surface area contributed by atoms with E-state index in [0.717, 1.165) is 29.5 Å². The van der Waals surface area contributed by atoms with Gasteiger partial charge >= 0.3 is 0 Å². The van der Waals surface area contributed by atoms with Gasteiger partial charge in [0.25, 0.3) is 5.97 Å². The molecule has 5 nitrogen and oxygen atoms in total. The Kier molecular flexibility index (Phi) is 7.04. The van der Waals surface area contributed by atoms with E-state index < -0.39 is 5.97 Å². The molecule has 0 unspecified atom stereocenters. The highest BCUT2D eigenvalue weighted by molar-refractivity contribution is 6.31. The topological polar surface area (TPSA) is 60.9 Å². The van der Waals surface area contributed by atoms with Gasteiger partial charge < -0.3 is 14.9 Å². The maximum atomic E-state index is 13.6. The molecule has 6 aromatic rings. The average Bonchev–Trinajstić information content (AvgIpc) is 2.98. The molecule has 41 heavy (non-hydrogen) atoms. The number of anilines is 3. The number of carbonyl (C=O) groups excluding carboxylic acids is 1. The Morgan fingerprint density at radius 1 is 0.732 bits per heavy atom. The summed E-state index contributed by atoms with van der Waals surface area (Å²) < 4.78 is 0. The van der Waals surface area contributed by atoms with Gasteiger partial charge in [-0.15, -0.1) is 0 Å². The van der Waals surface area contributed by atoms with Crippen molar-refractivity contribution in [2.75, 3.05) is 16.3 Å². The number of carboxylic acid groups (broad SMARTS) is 1. The number of benzene rings is 6. The van der Waals surface area contributed by atoms with Gasteiger partial charge in [0.15, 0.2) is 0 Å². The van der Waals surface area contributed by atoms with E-state index in [9.17, 15) is 4.79 Å². The summed E-state index contributed by atoms with van der Waals surface area (Å²) in [6.07, 6.45) is 0. The van der Waals surface area contributed by atoms with E-state index in [0.29, 0.717) is 11.6 Å².